The Labute approximate surface area is 181 Å². The van der Waals surface area contributed by atoms with Gasteiger partial charge in [-0.2, -0.15) is 10.2 Å². The lowest BCUT2D eigenvalue weighted by atomic mass is 10.2. The smallest absolute Gasteiger partial charge is 0.353 e. The number of nitrogens with zero attached hydrogens (tertiary/aromatic N) is 4. The van der Waals surface area contributed by atoms with Crippen molar-refractivity contribution in [3.63, 3.8) is 0 Å². The third-order valence-electron chi connectivity index (χ3n) is 4.40. The van der Waals surface area contributed by atoms with Gasteiger partial charge in [0.05, 0.1) is 11.1 Å². The van der Waals surface area contributed by atoms with Gasteiger partial charge in [0, 0.05) is 0 Å². The highest BCUT2D eigenvalue weighted by Crippen LogP contribution is 2.24. The fraction of sp³-hybridized carbons (Fsp3) is 0.200. The molecule has 0 aliphatic heterocycles. The van der Waals surface area contributed by atoms with Gasteiger partial charge in [0.15, 0.2) is 0 Å². The number of carbonyl (C=O) groups excluding carboxylic acids is 2. The molecule has 1 atom stereocenters. The molecule has 1 unspecified atom stereocenters. The fourth-order valence-corrected chi connectivity index (χ4v) is 3.48. The number of benzene rings is 1. The molecule has 10 nitrogen and oxygen atoms in total. The molecule has 0 fully saturated rings. The van der Waals surface area contributed by atoms with E-state index in [1.165, 1.54) is 36.1 Å². The van der Waals surface area contributed by atoms with E-state index in [0.29, 0.717) is 16.2 Å². The molecule has 0 aliphatic carbocycles. The normalized spacial score (nSPS) is 12.0. The van der Waals surface area contributed by atoms with Crippen molar-refractivity contribution in [3.05, 3.63) is 73.7 Å². The molecule has 0 aliphatic rings. The summed E-state index contributed by atoms with van der Waals surface area (Å²) >= 11 is 1.28. The maximum atomic E-state index is 12.4. The van der Waals surface area contributed by atoms with Crippen molar-refractivity contribution in [3.8, 4) is 5.75 Å². The van der Waals surface area contributed by atoms with Gasteiger partial charge in [-0.3, -0.25) is 19.6 Å². The first-order valence-electron chi connectivity index (χ1n) is 9.16. The van der Waals surface area contributed by atoms with E-state index in [4.69, 9.17) is 4.74 Å². The fourth-order valence-electron chi connectivity index (χ4n) is 2.88. The Kier molecular flexibility index (Phi) is 6.55. The van der Waals surface area contributed by atoms with Crippen molar-refractivity contribution in [1.29, 1.82) is 0 Å². The van der Waals surface area contributed by atoms with Crippen LogP contribution in [0.4, 0.5) is 5.69 Å². The molecular weight excluding hydrogens is 422 g/mol. The molecule has 31 heavy (non-hydrogen) atoms. The Morgan fingerprint density at radius 1 is 1.32 bits per heavy atom. The van der Waals surface area contributed by atoms with Crippen LogP contribution in [0, 0.1) is 24.0 Å². The van der Waals surface area contributed by atoms with E-state index in [2.05, 4.69) is 15.6 Å². The third kappa shape index (κ3) is 5.01. The predicted molar refractivity (Wildman–Crippen MR) is 115 cm³/mol. The van der Waals surface area contributed by atoms with Crippen LogP contribution >= 0.6 is 11.3 Å². The molecule has 1 amide bonds. The van der Waals surface area contributed by atoms with E-state index >= 15 is 0 Å². The zero-order chi connectivity index (χ0) is 22.5. The highest BCUT2D eigenvalue weighted by molar-refractivity contribution is 7.12. The van der Waals surface area contributed by atoms with Crippen LogP contribution in [0.3, 0.4) is 0 Å². The number of rotatable bonds is 7. The van der Waals surface area contributed by atoms with E-state index in [-0.39, 0.29) is 17.1 Å². The van der Waals surface area contributed by atoms with E-state index in [9.17, 15) is 19.7 Å². The molecular formula is C20H19N5O5S. The Hall–Kier alpha value is -3.86. The molecule has 2 aromatic heterocycles. The van der Waals surface area contributed by atoms with Gasteiger partial charge in [0.25, 0.3) is 5.91 Å². The van der Waals surface area contributed by atoms with E-state index in [0.717, 1.165) is 0 Å². The maximum absolute atomic E-state index is 12.4. The number of hydrazone groups is 1. The lowest BCUT2D eigenvalue weighted by Gasteiger charge is -2.11. The standard InChI is InChI=1S/C20H19N5O5S/c1-12-18(25(28)29)13(2)24(23-12)14(3)19(26)22-21-11-15-6-4-7-16(10-15)30-20(27)17-8-5-9-31-17/h4-11,14H,1-3H3,(H,22,26)/b21-11+. The summed E-state index contributed by atoms with van der Waals surface area (Å²) in [4.78, 5) is 35.5. The highest BCUT2D eigenvalue weighted by atomic mass is 32.1. The molecule has 0 saturated heterocycles. The summed E-state index contributed by atoms with van der Waals surface area (Å²) < 4.78 is 6.62. The number of nitro groups is 1. The minimum Gasteiger partial charge on any atom is -0.422 e. The second kappa shape index (κ2) is 9.30. The third-order valence-corrected chi connectivity index (χ3v) is 5.24. The van der Waals surface area contributed by atoms with Gasteiger partial charge in [-0.1, -0.05) is 18.2 Å². The van der Waals surface area contributed by atoms with Crippen LogP contribution in [0.5, 0.6) is 5.75 Å². The first kappa shape index (κ1) is 21.8. The summed E-state index contributed by atoms with van der Waals surface area (Å²) in [6.07, 6.45) is 1.40. The average molecular weight is 441 g/mol. The largest absolute Gasteiger partial charge is 0.422 e. The topological polar surface area (TPSA) is 129 Å². The summed E-state index contributed by atoms with van der Waals surface area (Å²) in [5, 5.41) is 20.9. The first-order valence-corrected chi connectivity index (χ1v) is 10.0. The van der Waals surface area contributed by atoms with Crippen LogP contribution in [0.1, 0.15) is 39.6 Å². The lowest BCUT2D eigenvalue weighted by Crippen LogP contribution is -2.28. The molecule has 0 saturated carbocycles. The van der Waals surface area contributed by atoms with Gasteiger partial charge < -0.3 is 4.74 Å². The van der Waals surface area contributed by atoms with Crippen molar-refractivity contribution < 1.29 is 19.2 Å². The van der Waals surface area contributed by atoms with Crippen molar-refractivity contribution in [2.75, 3.05) is 0 Å². The number of nitrogens with one attached hydrogen (secondary N) is 1. The molecule has 11 heteroatoms. The summed E-state index contributed by atoms with van der Waals surface area (Å²) in [5.74, 6) is -0.598. The van der Waals surface area contributed by atoms with Crippen molar-refractivity contribution in [2.45, 2.75) is 26.8 Å². The molecule has 0 bridgehead atoms. The van der Waals surface area contributed by atoms with Crippen LogP contribution in [0.25, 0.3) is 0 Å². The van der Waals surface area contributed by atoms with E-state index in [1.54, 1.807) is 48.7 Å². The Balaban J connectivity index is 1.64. The van der Waals surface area contributed by atoms with Crippen LogP contribution in [0.2, 0.25) is 0 Å². The number of aryl methyl sites for hydroxylation is 1. The van der Waals surface area contributed by atoms with Crippen LogP contribution in [-0.4, -0.2) is 32.8 Å². The van der Waals surface area contributed by atoms with Crippen molar-refractivity contribution in [2.24, 2.45) is 5.10 Å². The van der Waals surface area contributed by atoms with E-state index in [1.807, 2.05) is 0 Å². The Morgan fingerprint density at radius 3 is 2.74 bits per heavy atom. The number of ether oxygens (including phenoxy) is 1. The molecule has 3 rings (SSSR count). The summed E-state index contributed by atoms with van der Waals surface area (Å²) in [6.45, 7) is 4.62. The Morgan fingerprint density at radius 2 is 2.10 bits per heavy atom. The molecule has 1 aromatic carbocycles. The second-order valence-electron chi connectivity index (χ2n) is 6.57. The molecule has 3 aromatic rings. The van der Waals surface area contributed by atoms with Crippen LogP contribution < -0.4 is 10.2 Å². The maximum Gasteiger partial charge on any atom is 0.353 e. The van der Waals surface area contributed by atoms with Crippen LogP contribution in [-0.2, 0) is 4.79 Å². The summed E-state index contributed by atoms with van der Waals surface area (Å²) in [6, 6.07) is 9.30. The van der Waals surface area contributed by atoms with Gasteiger partial charge in [0.2, 0.25) is 0 Å². The van der Waals surface area contributed by atoms with E-state index < -0.39 is 22.8 Å². The molecule has 160 valence electrons. The van der Waals surface area contributed by atoms with Gasteiger partial charge >= 0.3 is 11.7 Å². The summed E-state index contributed by atoms with van der Waals surface area (Å²) in [5.41, 5.74) is 3.40. The zero-order valence-corrected chi connectivity index (χ0v) is 17.8. The number of carbonyl (C=O) groups is 2. The average Bonchev–Trinajstić information content (AvgIpc) is 3.35. The van der Waals surface area contributed by atoms with Gasteiger partial charge in [-0.15, -0.1) is 11.3 Å². The van der Waals surface area contributed by atoms with Gasteiger partial charge in [-0.05, 0) is 49.9 Å². The number of esters is 1. The molecule has 0 spiro atoms. The zero-order valence-electron chi connectivity index (χ0n) is 16.9. The van der Waals surface area contributed by atoms with Crippen molar-refractivity contribution >= 4 is 35.1 Å². The SMILES string of the molecule is Cc1nn(C(C)C(=O)N/N=C/c2cccc(OC(=O)c3cccs3)c2)c(C)c1[N+](=O)[O-]. The second-order valence-corrected chi connectivity index (χ2v) is 7.52. The Bertz CT molecular complexity index is 1150. The molecule has 1 N–H and O–H groups in total. The summed E-state index contributed by atoms with van der Waals surface area (Å²) in [7, 11) is 0. The minimum atomic E-state index is -0.803. The predicted octanol–water partition coefficient (Wildman–Crippen LogP) is 3.40. The minimum absolute atomic E-state index is 0.114. The highest BCUT2D eigenvalue weighted by Gasteiger charge is 2.26. The number of hydrogen-bond donors (Lipinski definition) is 1. The number of thiophene rings is 1. The monoisotopic (exact) mass is 441 g/mol. The molecule has 0 radical (unpaired) electrons. The number of aromatic nitrogens is 2. The van der Waals surface area contributed by atoms with Crippen molar-refractivity contribution in [1.82, 2.24) is 15.2 Å². The van der Waals surface area contributed by atoms with Gasteiger partial charge in [-0.25, -0.2) is 10.2 Å². The first-order chi connectivity index (χ1) is 14.8. The number of hydrogen-bond acceptors (Lipinski definition) is 8. The number of amides is 1. The quantitative estimate of drug-likeness (QED) is 0.197. The van der Waals surface area contributed by atoms with Gasteiger partial charge in [0.1, 0.15) is 28.1 Å². The lowest BCUT2D eigenvalue weighted by molar-refractivity contribution is -0.386. The molecule has 2 heterocycles. The van der Waals surface area contributed by atoms with Crippen LogP contribution in [0.15, 0.2) is 46.9 Å².